The van der Waals surface area contributed by atoms with Crippen molar-refractivity contribution in [2.45, 2.75) is 13.5 Å². The summed E-state index contributed by atoms with van der Waals surface area (Å²) in [6.45, 7) is 1.55. The fourth-order valence-electron chi connectivity index (χ4n) is 3.32. The van der Waals surface area contributed by atoms with Crippen molar-refractivity contribution in [1.82, 2.24) is 0 Å². The molecule has 1 aromatic heterocycles. The third-order valence-electron chi connectivity index (χ3n) is 5.05. The second-order valence-electron chi connectivity index (χ2n) is 7.89. The molecule has 0 radical (unpaired) electrons. The lowest BCUT2D eigenvalue weighted by Crippen LogP contribution is -2.11. The predicted octanol–water partition coefficient (Wildman–Crippen LogP) is 7.33. The van der Waals surface area contributed by atoms with Crippen LogP contribution in [0, 0.1) is 27.2 Å². The van der Waals surface area contributed by atoms with Gasteiger partial charge in [-0.05, 0) is 48.9 Å². The Kier molecular flexibility index (Phi) is 7.79. The number of halogens is 2. The lowest BCUT2D eigenvalue weighted by atomic mass is 10.2. The standard InChI is InChI=1S/C25H17Cl2N3O8/c1-14-2-5-23(21(8-14)30(34)35)36-13-18-4-7-24(37-18)25(31)28-16-10-17(29(32)33)12-19(11-16)38-22-6-3-15(26)9-20(22)27/h2-12H,13H2,1H3,(H,28,31). The van der Waals surface area contributed by atoms with E-state index in [-0.39, 0.29) is 57.5 Å². The van der Waals surface area contributed by atoms with E-state index < -0.39 is 15.8 Å². The van der Waals surface area contributed by atoms with Crippen molar-refractivity contribution in [2.24, 2.45) is 0 Å². The van der Waals surface area contributed by atoms with Gasteiger partial charge in [0.2, 0.25) is 0 Å². The Hall–Kier alpha value is -4.61. The highest BCUT2D eigenvalue weighted by Crippen LogP contribution is 2.35. The van der Waals surface area contributed by atoms with Gasteiger partial charge in [0.25, 0.3) is 11.6 Å². The number of nitro benzene ring substituents is 2. The molecule has 0 fully saturated rings. The average Bonchev–Trinajstić information content (AvgIpc) is 3.34. The summed E-state index contributed by atoms with van der Waals surface area (Å²) in [6.07, 6.45) is 0. The van der Waals surface area contributed by atoms with Gasteiger partial charge in [-0.25, -0.2) is 0 Å². The number of furan rings is 1. The van der Waals surface area contributed by atoms with E-state index in [2.05, 4.69) is 5.32 Å². The van der Waals surface area contributed by atoms with E-state index in [0.717, 1.165) is 6.07 Å². The molecule has 13 heteroatoms. The van der Waals surface area contributed by atoms with Crippen LogP contribution in [0.2, 0.25) is 10.0 Å². The Balaban J connectivity index is 1.48. The highest BCUT2D eigenvalue weighted by atomic mass is 35.5. The molecule has 3 aromatic carbocycles. The third kappa shape index (κ3) is 6.38. The number of benzene rings is 3. The topological polar surface area (TPSA) is 147 Å². The summed E-state index contributed by atoms with van der Waals surface area (Å²) < 4.78 is 16.7. The monoisotopic (exact) mass is 557 g/mol. The molecule has 1 amide bonds. The number of non-ortho nitro benzene ring substituents is 1. The maximum Gasteiger partial charge on any atom is 0.311 e. The maximum atomic E-state index is 12.7. The molecule has 1 heterocycles. The van der Waals surface area contributed by atoms with Gasteiger partial charge >= 0.3 is 5.69 Å². The second kappa shape index (κ2) is 11.2. The van der Waals surface area contributed by atoms with E-state index in [1.807, 2.05) is 0 Å². The lowest BCUT2D eigenvalue weighted by Gasteiger charge is -2.10. The van der Waals surface area contributed by atoms with E-state index in [4.69, 9.17) is 37.1 Å². The Bertz CT molecular complexity index is 1550. The number of amides is 1. The number of rotatable bonds is 9. The molecule has 4 rings (SSSR count). The number of hydrogen-bond acceptors (Lipinski definition) is 8. The van der Waals surface area contributed by atoms with Crippen molar-refractivity contribution in [2.75, 3.05) is 5.32 Å². The Morgan fingerprint density at radius 3 is 2.42 bits per heavy atom. The molecule has 11 nitrogen and oxygen atoms in total. The fraction of sp³-hybridized carbons (Fsp3) is 0.0800. The van der Waals surface area contributed by atoms with Gasteiger partial charge in [-0.15, -0.1) is 0 Å². The van der Waals surface area contributed by atoms with Crippen LogP contribution in [0.15, 0.2) is 71.1 Å². The molecule has 0 saturated carbocycles. The van der Waals surface area contributed by atoms with Gasteiger partial charge in [0, 0.05) is 23.2 Å². The number of carbonyl (C=O) groups is 1. The van der Waals surface area contributed by atoms with Crippen molar-refractivity contribution in [1.29, 1.82) is 0 Å². The largest absolute Gasteiger partial charge is 0.479 e. The van der Waals surface area contributed by atoms with Crippen LogP contribution in [-0.4, -0.2) is 15.8 Å². The number of hydrogen-bond donors (Lipinski definition) is 1. The summed E-state index contributed by atoms with van der Waals surface area (Å²) in [5, 5.41) is 25.8. The van der Waals surface area contributed by atoms with Gasteiger partial charge in [0.05, 0.1) is 26.6 Å². The molecule has 0 aliphatic rings. The van der Waals surface area contributed by atoms with Crippen LogP contribution in [0.1, 0.15) is 21.9 Å². The summed E-state index contributed by atoms with van der Waals surface area (Å²) >= 11 is 12.0. The van der Waals surface area contributed by atoms with Crippen molar-refractivity contribution in [3.05, 3.63) is 114 Å². The van der Waals surface area contributed by atoms with Crippen LogP contribution in [0.25, 0.3) is 0 Å². The zero-order valence-corrected chi connectivity index (χ0v) is 21.0. The SMILES string of the molecule is Cc1ccc(OCc2ccc(C(=O)Nc3cc(Oc4ccc(Cl)cc4Cl)cc([N+](=O)[O-])c3)o2)c([N+](=O)[O-])c1. The maximum absolute atomic E-state index is 12.7. The van der Waals surface area contributed by atoms with Gasteiger partial charge in [-0.1, -0.05) is 29.3 Å². The Labute approximate surface area is 224 Å². The highest BCUT2D eigenvalue weighted by Gasteiger charge is 2.19. The van der Waals surface area contributed by atoms with E-state index in [0.29, 0.717) is 10.6 Å². The van der Waals surface area contributed by atoms with E-state index in [9.17, 15) is 25.0 Å². The first kappa shape index (κ1) is 26.5. The smallest absolute Gasteiger partial charge is 0.311 e. The normalized spacial score (nSPS) is 10.6. The molecular formula is C25H17Cl2N3O8. The summed E-state index contributed by atoms with van der Waals surface area (Å²) in [4.78, 5) is 34.2. The molecule has 4 aromatic rings. The molecule has 0 unspecified atom stereocenters. The summed E-state index contributed by atoms with van der Waals surface area (Å²) in [5.74, 6) is -0.283. The first-order valence-electron chi connectivity index (χ1n) is 10.8. The summed E-state index contributed by atoms with van der Waals surface area (Å²) in [5.41, 5.74) is 0.231. The molecular weight excluding hydrogens is 541 g/mol. The van der Waals surface area contributed by atoms with Gasteiger partial charge in [0.1, 0.15) is 23.9 Å². The third-order valence-corrected chi connectivity index (χ3v) is 5.58. The molecule has 0 atom stereocenters. The molecule has 0 bridgehead atoms. The first-order valence-corrected chi connectivity index (χ1v) is 11.5. The fourth-order valence-corrected chi connectivity index (χ4v) is 3.76. The van der Waals surface area contributed by atoms with Crippen LogP contribution in [0.5, 0.6) is 17.2 Å². The number of nitrogens with one attached hydrogen (secondary N) is 1. The number of aryl methyl sites for hydroxylation is 1. The van der Waals surface area contributed by atoms with Crippen molar-refractivity contribution in [3.63, 3.8) is 0 Å². The minimum atomic E-state index is -0.700. The zero-order valence-electron chi connectivity index (χ0n) is 19.5. The Morgan fingerprint density at radius 2 is 1.71 bits per heavy atom. The van der Waals surface area contributed by atoms with Crippen LogP contribution in [0.3, 0.4) is 0 Å². The number of ether oxygens (including phenoxy) is 2. The first-order chi connectivity index (χ1) is 18.1. The van der Waals surface area contributed by atoms with Crippen LogP contribution < -0.4 is 14.8 Å². The minimum absolute atomic E-state index is 0.0481. The number of nitro groups is 2. The molecule has 0 spiro atoms. The van der Waals surface area contributed by atoms with E-state index in [1.54, 1.807) is 13.0 Å². The highest BCUT2D eigenvalue weighted by molar-refractivity contribution is 6.35. The quantitative estimate of drug-likeness (QED) is 0.166. The molecule has 194 valence electrons. The second-order valence-corrected chi connectivity index (χ2v) is 8.73. The minimum Gasteiger partial charge on any atom is -0.479 e. The van der Waals surface area contributed by atoms with Crippen LogP contribution in [-0.2, 0) is 6.61 Å². The van der Waals surface area contributed by atoms with Gasteiger partial charge in [-0.3, -0.25) is 25.0 Å². The molecule has 0 aliphatic carbocycles. The van der Waals surface area contributed by atoms with Crippen LogP contribution in [0.4, 0.5) is 17.1 Å². The molecule has 1 N–H and O–H groups in total. The van der Waals surface area contributed by atoms with E-state index >= 15 is 0 Å². The van der Waals surface area contributed by atoms with Gasteiger partial charge < -0.3 is 19.2 Å². The van der Waals surface area contributed by atoms with Gasteiger partial charge in [-0.2, -0.15) is 0 Å². The van der Waals surface area contributed by atoms with Crippen molar-refractivity contribution < 1.29 is 28.5 Å². The lowest BCUT2D eigenvalue weighted by molar-refractivity contribution is -0.386. The predicted molar refractivity (Wildman–Crippen MR) is 138 cm³/mol. The number of anilines is 1. The van der Waals surface area contributed by atoms with Crippen molar-refractivity contribution >= 4 is 46.2 Å². The molecule has 0 saturated heterocycles. The molecule has 0 aliphatic heterocycles. The van der Waals surface area contributed by atoms with Crippen molar-refractivity contribution in [3.8, 4) is 17.2 Å². The summed E-state index contributed by atoms with van der Waals surface area (Å²) in [6, 6.07) is 15.6. The number of carbonyl (C=O) groups excluding carboxylic acids is 1. The summed E-state index contributed by atoms with van der Waals surface area (Å²) in [7, 11) is 0. The average molecular weight is 558 g/mol. The molecule has 38 heavy (non-hydrogen) atoms. The van der Waals surface area contributed by atoms with Crippen LogP contribution >= 0.6 is 23.2 Å². The number of nitrogens with zero attached hydrogens (tertiary/aromatic N) is 2. The zero-order chi connectivity index (χ0) is 27.4. The van der Waals surface area contributed by atoms with Gasteiger partial charge in [0.15, 0.2) is 11.5 Å². The van der Waals surface area contributed by atoms with E-state index in [1.165, 1.54) is 54.6 Å². The Morgan fingerprint density at radius 1 is 0.947 bits per heavy atom.